The lowest BCUT2D eigenvalue weighted by Crippen LogP contribution is -2.12. The highest BCUT2D eigenvalue weighted by molar-refractivity contribution is 9.10. The van der Waals surface area contributed by atoms with E-state index >= 15 is 0 Å². The molecule has 1 aromatic carbocycles. The second kappa shape index (κ2) is 6.73. The van der Waals surface area contributed by atoms with E-state index in [0.29, 0.717) is 21.3 Å². The summed E-state index contributed by atoms with van der Waals surface area (Å²) in [5.41, 5.74) is 1.56. The van der Waals surface area contributed by atoms with Crippen LogP contribution in [0.4, 0.5) is 0 Å². The first-order valence-corrected chi connectivity index (χ1v) is 9.16. The molecule has 0 fully saturated rings. The Balaban J connectivity index is 2.25. The van der Waals surface area contributed by atoms with Crippen molar-refractivity contribution in [2.45, 2.75) is 6.92 Å². The van der Waals surface area contributed by atoms with Gasteiger partial charge in [0.05, 0.1) is 10.0 Å². The fraction of sp³-hybridized carbons (Fsp3) is 0.0588. The van der Waals surface area contributed by atoms with Crippen LogP contribution in [-0.4, -0.2) is 4.98 Å². The topological polar surface area (TPSA) is 56.6 Å². The van der Waals surface area contributed by atoms with Gasteiger partial charge < -0.3 is 4.98 Å². The molecule has 3 aromatic rings. The van der Waals surface area contributed by atoms with Crippen molar-refractivity contribution in [2.24, 2.45) is 0 Å². The van der Waals surface area contributed by atoms with E-state index in [2.05, 4.69) is 20.9 Å². The number of pyridine rings is 1. The van der Waals surface area contributed by atoms with Crippen LogP contribution >= 0.6 is 50.5 Å². The maximum atomic E-state index is 12.3. The van der Waals surface area contributed by atoms with Gasteiger partial charge in [0.25, 0.3) is 5.56 Å². The molecule has 0 unspecified atom stereocenters. The standard InChI is InChI=1S/C17H9BrCl2N2OS/c1-8-12(18)6-16(24-8)10-5-15(22-17(23)11(10)7-21)9-2-3-13(19)14(20)4-9/h2-6H,1H3,(H,22,23). The van der Waals surface area contributed by atoms with Gasteiger partial charge in [-0.15, -0.1) is 11.3 Å². The molecule has 2 heterocycles. The zero-order chi connectivity index (χ0) is 17.4. The lowest BCUT2D eigenvalue weighted by Gasteiger charge is -2.07. The Morgan fingerprint density at radius 3 is 2.54 bits per heavy atom. The number of hydrogen-bond donors (Lipinski definition) is 1. The van der Waals surface area contributed by atoms with Crippen LogP contribution in [0.15, 0.2) is 39.6 Å². The van der Waals surface area contributed by atoms with E-state index in [4.69, 9.17) is 23.2 Å². The molecule has 3 rings (SSSR count). The highest BCUT2D eigenvalue weighted by atomic mass is 79.9. The molecule has 0 aliphatic rings. The number of aryl methyl sites for hydroxylation is 1. The van der Waals surface area contributed by atoms with E-state index in [1.807, 2.05) is 19.1 Å². The molecule has 7 heteroatoms. The zero-order valence-corrected chi connectivity index (χ0v) is 16.2. The number of rotatable bonds is 2. The first kappa shape index (κ1) is 17.2. The van der Waals surface area contributed by atoms with Gasteiger partial charge in [-0.1, -0.05) is 29.3 Å². The number of aromatic amines is 1. The summed E-state index contributed by atoms with van der Waals surface area (Å²) in [6.07, 6.45) is 0. The molecule has 0 amide bonds. The molecule has 0 aliphatic carbocycles. The van der Waals surface area contributed by atoms with Crippen LogP contribution in [-0.2, 0) is 0 Å². The van der Waals surface area contributed by atoms with E-state index < -0.39 is 5.56 Å². The summed E-state index contributed by atoms with van der Waals surface area (Å²) in [5, 5.41) is 10.2. The van der Waals surface area contributed by atoms with Gasteiger partial charge in [0.2, 0.25) is 0 Å². The van der Waals surface area contributed by atoms with Crippen LogP contribution < -0.4 is 5.56 Å². The maximum absolute atomic E-state index is 12.3. The second-order valence-electron chi connectivity index (χ2n) is 5.06. The minimum absolute atomic E-state index is 0.0903. The first-order valence-electron chi connectivity index (χ1n) is 6.80. The predicted molar refractivity (Wildman–Crippen MR) is 103 cm³/mol. The number of halogens is 3. The van der Waals surface area contributed by atoms with Crippen molar-refractivity contribution >= 4 is 50.5 Å². The van der Waals surface area contributed by atoms with Gasteiger partial charge in [-0.3, -0.25) is 4.79 Å². The average molecular weight is 440 g/mol. The van der Waals surface area contributed by atoms with Crippen LogP contribution in [0.5, 0.6) is 0 Å². The van der Waals surface area contributed by atoms with Gasteiger partial charge >= 0.3 is 0 Å². The largest absolute Gasteiger partial charge is 0.321 e. The highest BCUT2D eigenvalue weighted by Crippen LogP contribution is 2.36. The van der Waals surface area contributed by atoms with Crippen molar-refractivity contribution in [1.82, 2.24) is 4.98 Å². The van der Waals surface area contributed by atoms with Crippen LogP contribution in [0.2, 0.25) is 10.0 Å². The number of nitrogens with one attached hydrogen (secondary N) is 1. The minimum atomic E-state index is -0.432. The Morgan fingerprint density at radius 1 is 1.21 bits per heavy atom. The molecule has 0 atom stereocenters. The van der Waals surface area contributed by atoms with Crippen molar-refractivity contribution in [3.8, 4) is 27.8 Å². The summed E-state index contributed by atoms with van der Waals surface area (Å²) in [6, 6.07) is 10.8. The highest BCUT2D eigenvalue weighted by Gasteiger charge is 2.15. The third-order valence-corrected chi connectivity index (χ3v) is 6.41. The van der Waals surface area contributed by atoms with Crippen molar-refractivity contribution in [1.29, 1.82) is 5.26 Å². The number of nitrogens with zero attached hydrogens (tertiary/aromatic N) is 1. The second-order valence-corrected chi connectivity index (χ2v) is 7.98. The Hall–Kier alpha value is -1.58. The molecule has 0 radical (unpaired) electrons. The molecule has 2 aromatic heterocycles. The number of hydrogen-bond acceptors (Lipinski definition) is 3. The third kappa shape index (κ3) is 3.15. The first-order chi connectivity index (χ1) is 11.4. The van der Waals surface area contributed by atoms with Gasteiger partial charge in [0.15, 0.2) is 0 Å². The molecule has 0 aliphatic heterocycles. The van der Waals surface area contributed by atoms with E-state index in [-0.39, 0.29) is 5.56 Å². The Kier molecular flexibility index (Phi) is 4.84. The fourth-order valence-corrected chi connectivity index (χ4v) is 4.13. The van der Waals surface area contributed by atoms with E-state index in [9.17, 15) is 10.1 Å². The normalized spacial score (nSPS) is 10.6. The lowest BCUT2D eigenvalue weighted by atomic mass is 10.0. The Labute approximate surface area is 160 Å². The number of aromatic nitrogens is 1. The molecule has 0 bridgehead atoms. The average Bonchev–Trinajstić information content (AvgIpc) is 2.88. The summed E-state index contributed by atoms with van der Waals surface area (Å²) in [4.78, 5) is 17.0. The van der Waals surface area contributed by atoms with Crippen LogP contribution in [0.25, 0.3) is 21.7 Å². The molecule has 1 N–H and O–H groups in total. The molecule has 3 nitrogen and oxygen atoms in total. The SMILES string of the molecule is Cc1sc(-c2cc(-c3ccc(Cl)c(Cl)c3)[nH]c(=O)c2C#N)cc1Br. The number of thiophene rings is 1. The van der Waals surface area contributed by atoms with Gasteiger partial charge in [-0.25, -0.2) is 0 Å². The molecule has 24 heavy (non-hydrogen) atoms. The molecular weight excluding hydrogens is 431 g/mol. The predicted octanol–water partition coefficient (Wildman–Crippen LogP) is 6.02. The van der Waals surface area contributed by atoms with Crippen LogP contribution in [0, 0.1) is 18.3 Å². The molecule has 0 spiro atoms. The van der Waals surface area contributed by atoms with Gasteiger partial charge in [0, 0.05) is 25.5 Å². The van der Waals surface area contributed by atoms with Gasteiger partial charge in [-0.2, -0.15) is 5.26 Å². The molecule has 0 saturated heterocycles. The number of H-pyrrole nitrogens is 1. The molecule has 0 saturated carbocycles. The van der Waals surface area contributed by atoms with Crippen LogP contribution in [0.3, 0.4) is 0 Å². The van der Waals surface area contributed by atoms with E-state index in [1.165, 1.54) is 11.3 Å². The lowest BCUT2D eigenvalue weighted by molar-refractivity contribution is 1.22. The summed E-state index contributed by atoms with van der Waals surface area (Å²) in [6.45, 7) is 1.97. The van der Waals surface area contributed by atoms with Gasteiger partial charge in [0.1, 0.15) is 11.6 Å². The third-order valence-electron chi connectivity index (χ3n) is 3.50. The Morgan fingerprint density at radius 2 is 1.96 bits per heavy atom. The smallest absolute Gasteiger partial charge is 0.267 e. The van der Waals surface area contributed by atoms with E-state index in [0.717, 1.165) is 19.8 Å². The monoisotopic (exact) mass is 438 g/mol. The summed E-state index contributed by atoms with van der Waals surface area (Å²) in [7, 11) is 0. The van der Waals surface area contributed by atoms with Crippen molar-refractivity contribution in [3.05, 3.63) is 65.6 Å². The van der Waals surface area contributed by atoms with Crippen LogP contribution in [0.1, 0.15) is 10.4 Å². The molecule has 120 valence electrons. The maximum Gasteiger partial charge on any atom is 0.267 e. The van der Waals surface area contributed by atoms with Crippen molar-refractivity contribution < 1.29 is 0 Å². The van der Waals surface area contributed by atoms with Crippen molar-refractivity contribution in [2.75, 3.05) is 0 Å². The zero-order valence-electron chi connectivity index (χ0n) is 12.3. The van der Waals surface area contributed by atoms with Gasteiger partial charge in [-0.05, 0) is 52.7 Å². The fourth-order valence-electron chi connectivity index (χ4n) is 2.28. The molecular formula is C17H9BrCl2N2OS. The summed E-state index contributed by atoms with van der Waals surface area (Å²) < 4.78 is 0.947. The number of benzene rings is 1. The Bertz CT molecular complexity index is 1030. The van der Waals surface area contributed by atoms with Crippen molar-refractivity contribution in [3.63, 3.8) is 0 Å². The van der Waals surface area contributed by atoms with E-state index in [1.54, 1.807) is 24.3 Å². The quantitative estimate of drug-likeness (QED) is 0.530. The minimum Gasteiger partial charge on any atom is -0.321 e. The summed E-state index contributed by atoms with van der Waals surface area (Å²) in [5.74, 6) is 0. The number of nitriles is 1. The summed E-state index contributed by atoms with van der Waals surface area (Å²) >= 11 is 17.0.